The Kier molecular flexibility index (Phi) is 1.80. The summed E-state index contributed by atoms with van der Waals surface area (Å²) >= 11 is 3.65. The van der Waals surface area contributed by atoms with E-state index in [-0.39, 0.29) is 0 Å². The van der Waals surface area contributed by atoms with Crippen molar-refractivity contribution in [3.63, 3.8) is 0 Å². The zero-order chi connectivity index (χ0) is 7.68. The molecule has 2 aromatic rings. The van der Waals surface area contributed by atoms with E-state index < -0.39 is 0 Å². The molecule has 2 aromatic heterocycles. The van der Waals surface area contributed by atoms with E-state index in [1.807, 2.05) is 28.7 Å². The monoisotopic (exact) mass is 180 g/mol. The zero-order valence-electron chi connectivity index (χ0n) is 6.04. The van der Waals surface area contributed by atoms with E-state index in [0.717, 1.165) is 6.42 Å². The van der Waals surface area contributed by atoms with Crippen molar-refractivity contribution in [2.75, 3.05) is 0 Å². The minimum Gasteiger partial charge on any atom is -0.143 e. The molecule has 0 aliphatic rings. The normalized spacial score (nSPS) is 10.5. The van der Waals surface area contributed by atoms with Crippen LogP contribution in [-0.4, -0.2) is 0 Å². The Bertz CT molecular complexity index is 367. The van der Waals surface area contributed by atoms with E-state index in [0.29, 0.717) is 0 Å². The number of thiophene rings is 2. The lowest BCUT2D eigenvalue weighted by Gasteiger charge is -1.86. The highest BCUT2D eigenvalue weighted by atomic mass is 32.1. The van der Waals surface area contributed by atoms with Crippen molar-refractivity contribution in [1.29, 1.82) is 0 Å². The van der Waals surface area contributed by atoms with Crippen molar-refractivity contribution in [3.8, 4) is 0 Å². The van der Waals surface area contributed by atoms with Gasteiger partial charge in [-0.1, -0.05) is 6.08 Å². The Hall–Kier alpha value is -0.600. The van der Waals surface area contributed by atoms with Crippen molar-refractivity contribution in [1.82, 2.24) is 0 Å². The van der Waals surface area contributed by atoms with Crippen molar-refractivity contribution < 1.29 is 0 Å². The number of allylic oxidation sites excluding steroid dienone is 1. The van der Waals surface area contributed by atoms with Crippen LogP contribution in [0.4, 0.5) is 0 Å². The van der Waals surface area contributed by atoms with Gasteiger partial charge in [-0.3, -0.25) is 0 Å². The quantitative estimate of drug-likeness (QED) is 0.618. The van der Waals surface area contributed by atoms with Crippen LogP contribution < -0.4 is 0 Å². The first kappa shape index (κ1) is 7.07. The maximum absolute atomic E-state index is 3.74. The van der Waals surface area contributed by atoms with Gasteiger partial charge in [-0.25, -0.2) is 0 Å². The van der Waals surface area contributed by atoms with Crippen molar-refractivity contribution in [2.24, 2.45) is 0 Å². The molecule has 0 unspecified atom stereocenters. The van der Waals surface area contributed by atoms with Crippen LogP contribution >= 0.6 is 22.7 Å². The molecule has 11 heavy (non-hydrogen) atoms. The Morgan fingerprint density at radius 1 is 1.45 bits per heavy atom. The molecule has 0 N–H and O–H groups in total. The molecular formula is C9H8S2. The van der Waals surface area contributed by atoms with Gasteiger partial charge >= 0.3 is 0 Å². The number of hydrogen-bond donors (Lipinski definition) is 0. The van der Waals surface area contributed by atoms with E-state index in [1.165, 1.54) is 15.0 Å². The summed E-state index contributed by atoms with van der Waals surface area (Å²) in [5, 5.41) is 4.37. The van der Waals surface area contributed by atoms with Gasteiger partial charge in [-0.05, 0) is 28.8 Å². The third kappa shape index (κ3) is 1.12. The first-order valence-electron chi connectivity index (χ1n) is 3.46. The van der Waals surface area contributed by atoms with Crippen LogP contribution in [0.15, 0.2) is 29.5 Å². The minimum atomic E-state index is 1.00. The molecule has 0 bridgehead atoms. The van der Waals surface area contributed by atoms with Gasteiger partial charge in [-0.2, -0.15) is 0 Å². The van der Waals surface area contributed by atoms with Crippen LogP contribution in [0.5, 0.6) is 0 Å². The third-order valence-corrected chi connectivity index (χ3v) is 3.73. The van der Waals surface area contributed by atoms with Crippen LogP contribution in [0.2, 0.25) is 0 Å². The van der Waals surface area contributed by atoms with E-state index in [1.54, 1.807) is 0 Å². The average Bonchev–Trinajstić information content (AvgIpc) is 2.53. The van der Waals surface area contributed by atoms with Crippen molar-refractivity contribution in [3.05, 3.63) is 35.0 Å². The molecule has 2 heterocycles. The summed E-state index contributed by atoms with van der Waals surface area (Å²) in [7, 11) is 0. The van der Waals surface area contributed by atoms with Crippen LogP contribution in [0.25, 0.3) is 9.40 Å². The fourth-order valence-electron chi connectivity index (χ4n) is 1.11. The fourth-order valence-corrected chi connectivity index (χ4v) is 3.24. The Morgan fingerprint density at radius 2 is 2.36 bits per heavy atom. The smallest absolute Gasteiger partial charge is 0.0485 e. The molecule has 2 heteroatoms. The predicted octanol–water partition coefficient (Wildman–Crippen LogP) is 3.69. The summed E-state index contributed by atoms with van der Waals surface area (Å²) in [6.07, 6.45) is 2.96. The van der Waals surface area contributed by atoms with Crippen LogP contribution in [0.1, 0.15) is 5.56 Å². The van der Waals surface area contributed by atoms with Crippen molar-refractivity contribution >= 4 is 32.1 Å². The van der Waals surface area contributed by atoms with Crippen LogP contribution in [-0.2, 0) is 6.42 Å². The lowest BCUT2D eigenvalue weighted by Crippen LogP contribution is -1.71. The van der Waals surface area contributed by atoms with E-state index in [4.69, 9.17) is 0 Å². The van der Waals surface area contributed by atoms with Crippen LogP contribution in [0.3, 0.4) is 0 Å². The molecule has 0 spiro atoms. The van der Waals surface area contributed by atoms with E-state index in [2.05, 4.69) is 23.4 Å². The van der Waals surface area contributed by atoms with E-state index >= 15 is 0 Å². The summed E-state index contributed by atoms with van der Waals surface area (Å²) in [4.78, 5) is 0. The molecule has 0 radical (unpaired) electrons. The SMILES string of the molecule is C=CCc1csc2ccsc12. The first-order valence-corrected chi connectivity index (χ1v) is 5.22. The minimum absolute atomic E-state index is 1.00. The van der Waals surface area contributed by atoms with Gasteiger partial charge in [0.15, 0.2) is 0 Å². The second-order valence-electron chi connectivity index (χ2n) is 2.37. The molecule has 0 aliphatic carbocycles. The molecular weight excluding hydrogens is 172 g/mol. The van der Waals surface area contributed by atoms with Gasteiger partial charge in [0.05, 0.1) is 0 Å². The lowest BCUT2D eigenvalue weighted by atomic mass is 10.2. The molecule has 0 aromatic carbocycles. The molecule has 56 valence electrons. The van der Waals surface area contributed by atoms with Gasteiger partial charge in [0.1, 0.15) is 0 Å². The summed E-state index contributed by atoms with van der Waals surface area (Å²) in [6, 6.07) is 2.18. The molecule has 0 saturated heterocycles. The highest BCUT2D eigenvalue weighted by Gasteiger charge is 2.01. The maximum atomic E-state index is 3.74. The third-order valence-electron chi connectivity index (χ3n) is 1.61. The Balaban J connectivity index is 2.59. The van der Waals surface area contributed by atoms with Gasteiger partial charge in [-0.15, -0.1) is 29.3 Å². The first-order chi connectivity index (χ1) is 5.42. The topological polar surface area (TPSA) is 0 Å². The average molecular weight is 180 g/mol. The van der Waals surface area contributed by atoms with Gasteiger partial charge < -0.3 is 0 Å². The lowest BCUT2D eigenvalue weighted by molar-refractivity contribution is 1.34. The fraction of sp³-hybridized carbons (Fsp3) is 0.111. The molecule has 0 fully saturated rings. The number of hydrogen-bond acceptors (Lipinski definition) is 2. The molecule has 0 nitrogen and oxygen atoms in total. The second kappa shape index (κ2) is 2.80. The molecule has 0 aliphatic heterocycles. The molecule has 2 rings (SSSR count). The summed E-state index contributed by atoms with van der Waals surface area (Å²) in [5.74, 6) is 0. The van der Waals surface area contributed by atoms with Gasteiger partial charge in [0.25, 0.3) is 0 Å². The standard InChI is InChI=1S/C9H8S2/c1-2-3-7-6-11-8-4-5-10-9(7)8/h2,4-6H,1,3H2. The zero-order valence-corrected chi connectivity index (χ0v) is 7.67. The summed E-state index contributed by atoms with van der Waals surface area (Å²) in [5.41, 5.74) is 1.43. The molecule has 0 amide bonds. The van der Waals surface area contributed by atoms with E-state index in [9.17, 15) is 0 Å². The number of fused-ring (bicyclic) bond motifs is 1. The largest absolute Gasteiger partial charge is 0.143 e. The molecule has 0 saturated carbocycles. The Morgan fingerprint density at radius 3 is 3.18 bits per heavy atom. The van der Waals surface area contributed by atoms with Crippen LogP contribution in [0, 0.1) is 0 Å². The highest BCUT2D eigenvalue weighted by molar-refractivity contribution is 7.26. The predicted molar refractivity (Wildman–Crippen MR) is 53.6 cm³/mol. The Labute approximate surface area is 73.8 Å². The number of rotatable bonds is 2. The summed E-state index contributed by atoms with van der Waals surface area (Å²) in [6.45, 7) is 3.74. The van der Waals surface area contributed by atoms with Crippen molar-refractivity contribution in [2.45, 2.75) is 6.42 Å². The highest BCUT2D eigenvalue weighted by Crippen LogP contribution is 2.30. The van der Waals surface area contributed by atoms with Gasteiger partial charge in [0, 0.05) is 9.40 Å². The van der Waals surface area contributed by atoms with Gasteiger partial charge in [0.2, 0.25) is 0 Å². The second-order valence-corrected chi connectivity index (χ2v) is 4.20. The molecule has 0 atom stereocenters. The maximum Gasteiger partial charge on any atom is 0.0485 e. The summed E-state index contributed by atoms with van der Waals surface area (Å²) < 4.78 is 2.85.